The van der Waals surface area contributed by atoms with Crippen molar-refractivity contribution in [2.45, 2.75) is 32.6 Å². The molecule has 1 heterocycles. The van der Waals surface area contributed by atoms with Gasteiger partial charge in [0.25, 0.3) is 0 Å². The van der Waals surface area contributed by atoms with Crippen molar-refractivity contribution < 1.29 is 4.79 Å². The average molecular weight is 208 g/mol. The fraction of sp³-hybridized carbons (Fsp3) is 0.750. The van der Waals surface area contributed by atoms with Gasteiger partial charge < -0.3 is 10.6 Å². The quantitative estimate of drug-likeness (QED) is 0.521. The van der Waals surface area contributed by atoms with E-state index in [2.05, 4.69) is 23.5 Å². The van der Waals surface area contributed by atoms with E-state index in [0.29, 0.717) is 13.0 Å². The van der Waals surface area contributed by atoms with Crippen LogP contribution in [0.25, 0.3) is 0 Å². The van der Waals surface area contributed by atoms with Crippen LogP contribution in [0.15, 0.2) is 0 Å². The molecule has 0 aromatic rings. The molecule has 1 atom stereocenters. The molecule has 0 aromatic carbocycles. The first kappa shape index (κ1) is 12.1. The number of hydrogen-bond donors (Lipinski definition) is 2. The summed E-state index contributed by atoms with van der Waals surface area (Å²) >= 11 is 0. The summed E-state index contributed by atoms with van der Waals surface area (Å²) < 4.78 is 0. The van der Waals surface area contributed by atoms with Crippen LogP contribution in [0.5, 0.6) is 0 Å². The van der Waals surface area contributed by atoms with Crippen molar-refractivity contribution in [3.05, 3.63) is 0 Å². The summed E-state index contributed by atoms with van der Waals surface area (Å²) in [5.74, 6) is 2.70. The summed E-state index contributed by atoms with van der Waals surface area (Å²) in [6, 6.07) is 0. The van der Waals surface area contributed by atoms with Crippen molar-refractivity contribution in [2.24, 2.45) is 5.41 Å². The van der Waals surface area contributed by atoms with Crippen molar-refractivity contribution in [2.75, 3.05) is 19.6 Å². The summed E-state index contributed by atoms with van der Waals surface area (Å²) in [7, 11) is 0. The van der Waals surface area contributed by atoms with Crippen molar-refractivity contribution >= 4 is 5.91 Å². The van der Waals surface area contributed by atoms with Crippen LogP contribution in [0.1, 0.15) is 32.6 Å². The number of carbonyl (C=O) groups is 1. The maximum atomic E-state index is 12.0. The molecule has 3 heteroatoms. The van der Waals surface area contributed by atoms with Gasteiger partial charge >= 0.3 is 0 Å². The van der Waals surface area contributed by atoms with Gasteiger partial charge in [0.1, 0.15) is 0 Å². The van der Waals surface area contributed by atoms with Gasteiger partial charge in [0, 0.05) is 19.5 Å². The Morgan fingerprint density at radius 3 is 3.00 bits per heavy atom. The van der Waals surface area contributed by atoms with Gasteiger partial charge in [0.2, 0.25) is 5.91 Å². The first-order valence-electron chi connectivity index (χ1n) is 5.67. The van der Waals surface area contributed by atoms with Crippen LogP contribution in [0.3, 0.4) is 0 Å². The van der Waals surface area contributed by atoms with Gasteiger partial charge in [-0.3, -0.25) is 4.79 Å². The van der Waals surface area contributed by atoms with E-state index in [4.69, 9.17) is 6.42 Å². The van der Waals surface area contributed by atoms with Crippen LogP contribution in [-0.2, 0) is 4.79 Å². The van der Waals surface area contributed by atoms with E-state index in [1.807, 2.05) is 0 Å². The molecule has 1 saturated heterocycles. The fourth-order valence-corrected chi connectivity index (χ4v) is 2.18. The number of hydrogen-bond acceptors (Lipinski definition) is 2. The number of rotatable bonds is 5. The molecule has 84 valence electrons. The molecule has 0 bridgehead atoms. The third-order valence-electron chi connectivity index (χ3n) is 3.01. The molecule has 0 aliphatic carbocycles. The molecular formula is C12H20N2O. The van der Waals surface area contributed by atoms with Crippen LogP contribution in [0.2, 0.25) is 0 Å². The van der Waals surface area contributed by atoms with E-state index in [0.717, 1.165) is 32.4 Å². The Morgan fingerprint density at radius 2 is 2.47 bits per heavy atom. The van der Waals surface area contributed by atoms with Gasteiger partial charge in [0.05, 0.1) is 5.41 Å². The van der Waals surface area contributed by atoms with E-state index in [9.17, 15) is 4.79 Å². The summed E-state index contributed by atoms with van der Waals surface area (Å²) in [5.41, 5.74) is -0.177. The molecule has 2 N–H and O–H groups in total. The average Bonchev–Trinajstić information content (AvgIpc) is 2.68. The second kappa shape index (κ2) is 5.77. The minimum absolute atomic E-state index is 0.171. The molecule has 1 amide bonds. The van der Waals surface area contributed by atoms with Crippen LogP contribution < -0.4 is 10.6 Å². The highest BCUT2D eigenvalue weighted by molar-refractivity contribution is 5.83. The zero-order valence-corrected chi connectivity index (χ0v) is 9.44. The van der Waals surface area contributed by atoms with Crippen molar-refractivity contribution in [3.63, 3.8) is 0 Å². The van der Waals surface area contributed by atoms with Crippen molar-refractivity contribution in [1.29, 1.82) is 0 Å². The van der Waals surface area contributed by atoms with Crippen LogP contribution in [0.4, 0.5) is 0 Å². The van der Waals surface area contributed by atoms with Gasteiger partial charge in [-0.25, -0.2) is 0 Å². The Labute approximate surface area is 92.0 Å². The number of amides is 1. The Hall–Kier alpha value is -1.01. The molecule has 1 aliphatic rings. The molecule has 1 unspecified atom stereocenters. The highest BCUT2D eigenvalue weighted by atomic mass is 16.2. The summed E-state index contributed by atoms with van der Waals surface area (Å²) in [5, 5.41) is 6.20. The molecule has 1 fully saturated rings. The lowest BCUT2D eigenvalue weighted by Crippen LogP contribution is -2.42. The number of nitrogens with one attached hydrogen (secondary N) is 2. The highest BCUT2D eigenvalue weighted by Crippen LogP contribution is 2.31. The molecule has 0 radical (unpaired) electrons. The summed E-state index contributed by atoms with van der Waals surface area (Å²) in [6.07, 6.45) is 8.71. The normalized spacial score (nSPS) is 24.8. The predicted molar refractivity (Wildman–Crippen MR) is 61.3 cm³/mol. The molecule has 15 heavy (non-hydrogen) atoms. The van der Waals surface area contributed by atoms with E-state index in [1.54, 1.807) is 0 Å². The Bertz CT molecular complexity index is 249. The lowest BCUT2D eigenvalue weighted by molar-refractivity contribution is -0.130. The molecule has 1 aliphatic heterocycles. The standard InChI is InChI=1S/C12H20N2O/c1-3-5-8-14-11(15)12(6-4-2)7-9-13-10-12/h1,13H,4-10H2,2H3,(H,14,15). The summed E-state index contributed by atoms with van der Waals surface area (Å²) in [4.78, 5) is 12.0. The van der Waals surface area contributed by atoms with E-state index < -0.39 is 0 Å². The maximum Gasteiger partial charge on any atom is 0.227 e. The molecule has 1 rings (SSSR count). The van der Waals surface area contributed by atoms with Gasteiger partial charge in [0.15, 0.2) is 0 Å². The highest BCUT2D eigenvalue weighted by Gasteiger charge is 2.39. The zero-order chi connectivity index (χ0) is 11.1. The Morgan fingerprint density at radius 1 is 1.67 bits per heavy atom. The second-order valence-electron chi connectivity index (χ2n) is 4.17. The minimum Gasteiger partial charge on any atom is -0.355 e. The monoisotopic (exact) mass is 208 g/mol. The van der Waals surface area contributed by atoms with Crippen LogP contribution in [-0.4, -0.2) is 25.5 Å². The number of terminal acetylenes is 1. The number of carbonyl (C=O) groups excluding carboxylic acids is 1. The van der Waals surface area contributed by atoms with Gasteiger partial charge in [-0.05, 0) is 19.4 Å². The lowest BCUT2D eigenvalue weighted by Gasteiger charge is -2.26. The largest absolute Gasteiger partial charge is 0.355 e. The maximum absolute atomic E-state index is 12.0. The minimum atomic E-state index is -0.177. The molecular weight excluding hydrogens is 188 g/mol. The topological polar surface area (TPSA) is 41.1 Å². The third-order valence-corrected chi connectivity index (χ3v) is 3.01. The first-order valence-corrected chi connectivity index (χ1v) is 5.67. The van der Waals surface area contributed by atoms with Gasteiger partial charge in [-0.15, -0.1) is 12.3 Å². The Kier molecular flexibility index (Phi) is 4.64. The molecule has 0 saturated carbocycles. The van der Waals surface area contributed by atoms with Crippen LogP contribution in [0, 0.1) is 17.8 Å². The Balaban J connectivity index is 2.49. The predicted octanol–water partition coefficient (Wildman–Crippen LogP) is 0.906. The third kappa shape index (κ3) is 2.97. The van der Waals surface area contributed by atoms with Crippen LogP contribution >= 0.6 is 0 Å². The van der Waals surface area contributed by atoms with E-state index in [1.165, 1.54) is 0 Å². The zero-order valence-electron chi connectivity index (χ0n) is 9.44. The smallest absolute Gasteiger partial charge is 0.227 e. The van der Waals surface area contributed by atoms with E-state index in [-0.39, 0.29) is 11.3 Å². The van der Waals surface area contributed by atoms with Crippen molar-refractivity contribution in [1.82, 2.24) is 10.6 Å². The summed E-state index contributed by atoms with van der Waals surface area (Å²) in [6.45, 7) is 4.47. The molecule has 3 nitrogen and oxygen atoms in total. The fourth-order valence-electron chi connectivity index (χ4n) is 2.18. The SMILES string of the molecule is C#CCCNC(=O)C1(CCC)CCNC1. The van der Waals surface area contributed by atoms with Gasteiger partial charge in [-0.1, -0.05) is 13.3 Å². The molecule has 0 aromatic heterocycles. The molecule has 0 spiro atoms. The van der Waals surface area contributed by atoms with E-state index >= 15 is 0 Å². The first-order chi connectivity index (χ1) is 7.25. The lowest BCUT2D eigenvalue weighted by atomic mass is 9.81. The van der Waals surface area contributed by atoms with Crippen molar-refractivity contribution in [3.8, 4) is 12.3 Å². The second-order valence-corrected chi connectivity index (χ2v) is 4.17. The van der Waals surface area contributed by atoms with Gasteiger partial charge in [-0.2, -0.15) is 0 Å².